The van der Waals surface area contributed by atoms with E-state index in [4.69, 9.17) is 34.8 Å². The summed E-state index contributed by atoms with van der Waals surface area (Å²) in [5, 5.41) is 3.85. The van der Waals surface area contributed by atoms with Crippen LogP contribution < -0.4 is 10.2 Å². The minimum atomic E-state index is -0.271. The van der Waals surface area contributed by atoms with E-state index >= 15 is 0 Å². The monoisotopic (exact) mass is 384 g/mol. The summed E-state index contributed by atoms with van der Waals surface area (Å²) in [5.41, 5.74) is 1.08. The molecule has 24 heavy (non-hydrogen) atoms. The van der Waals surface area contributed by atoms with Crippen LogP contribution >= 0.6 is 34.8 Å². The van der Waals surface area contributed by atoms with E-state index in [0.717, 1.165) is 0 Å². The molecule has 0 aliphatic heterocycles. The maximum absolute atomic E-state index is 12.1. The van der Waals surface area contributed by atoms with Gasteiger partial charge in [0.2, 0.25) is 11.8 Å². The molecule has 0 aliphatic carbocycles. The molecule has 0 aliphatic rings. The highest BCUT2D eigenvalue weighted by atomic mass is 35.5. The minimum Gasteiger partial charge on any atom is -0.325 e. The summed E-state index contributed by atoms with van der Waals surface area (Å²) in [4.78, 5) is 25.5. The highest BCUT2D eigenvalue weighted by molar-refractivity contribution is 6.44. The van der Waals surface area contributed by atoms with Crippen LogP contribution in [0.2, 0.25) is 15.1 Å². The third-order valence-electron chi connectivity index (χ3n) is 3.29. The summed E-state index contributed by atoms with van der Waals surface area (Å²) in [6, 6.07) is 11.9. The molecule has 1 N–H and O–H groups in total. The molecule has 0 unspecified atom stereocenters. The zero-order valence-corrected chi connectivity index (χ0v) is 15.1. The van der Waals surface area contributed by atoms with Crippen LogP contribution in [0, 0.1) is 0 Å². The summed E-state index contributed by atoms with van der Waals surface area (Å²) < 4.78 is 0. The van der Waals surface area contributed by atoms with E-state index in [-0.39, 0.29) is 29.8 Å². The molecule has 2 rings (SSSR count). The summed E-state index contributed by atoms with van der Waals surface area (Å²) in [7, 11) is 0. The molecule has 0 fully saturated rings. The van der Waals surface area contributed by atoms with Crippen LogP contribution in [-0.2, 0) is 9.59 Å². The highest BCUT2D eigenvalue weighted by Gasteiger charge is 2.15. The van der Waals surface area contributed by atoms with E-state index in [2.05, 4.69) is 5.32 Å². The van der Waals surface area contributed by atoms with Crippen LogP contribution in [0.3, 0.4) is 0 Å². The maximum Gasteiger partial charge on any atom is 0.226 e. The molecule has 0 radical (unpaired) electrons. The smallest absolute Gasteiger partial charge is 0.226 e. The quantitative estimate of drug-likeness (QED) is 0.785. The Balaban J connectivity index is 2.03. The number of rotatable bonds is 5. The molecular weight excluding hydrogens is 371 g/mol. The Bertz CT molecular complexity index is 765. The van der Waals surface area contributed by atoms with Crippen molar-refractivity contribution in [2.45, 2.75) is 13.3 Å². The van der Waals surface area contributed by atoms with E-state index in [1.54, 1.807) is 42.5 Å². The van der Waals surface area contributed by atoms with E-state index in [9.17, 15) is 9.59 Å². The largest absolute Gasteiger partial charge is 0.325 e. The molecule has 0 spiro atoms. The lowest BCUT2D eigenvalue weighted by molar-refractivity contribution is -0.117. The second-order valence-corrected chi connectivity index (χ2v) is 6.27. The average molecular weight is 386 g/mol. The molecule has 0 atom stereocenters. The lowest BCUT2D eigenvalue weighted by Crippen LogP contribution is -2.31. The van der Waals surface area contributed by atoms with Gasteiger partial charge in [0.1, 0.15) is 0 Å². The predicted molar refractivity (Wildman–Crippen MR) is 99.2 cm³/mol. The minimum absolute atomic E-state index is 0.106. The molecule has 0 bridgehead atoms. The number of hydrogen-bond acceptors (Lipinski definition) is 2. The number of benzene rings is 2. The SMILES string of the molecule is CC(=O)N(CCC(=O)Nc1cccc(Cl)c1Cl)c1cccc(Cl)c1. The number of nitrogens with one attached hydrogen (secondary N) is 1. The molecule has 4 nitrogen and oxygen atoms in total. The topological polar surface area (TPSA) is 49.4 Å². The number of carbonyl (C=O) groups is 2. The van der Waals surface area contributed by atoms with Crippen LogP contribution in [-0.4, -0.2) is 18.4 Å². The Morgan fingerprint density at radius 3 is 2.46 bits per heavy atom. The Morgan fingerprint density at radius 1 is 1.08 bits per heavy atom. The fourth-order valence-electron chi connectivity index (χ4n) is 2.14. The van der Waals surface area contributed by atoms with E-state index in [1.807, 2.05) is 0 Å². The van der Waals surface area contributed by atoms with Gasteiger partial charge >= 0.3 is 0 Å². The number of anilines is 2. The van der Waals surface area contributed by atoms with Crippen molar-refractivity contribution in [3.63, 3.8) is 0 Å². The normalized spacial score (nSPS) is 10.3. The number of halogens is 3. The average Bonchev–Trinajstić information content (AvgIpc) is 2.52. The lowest BCUT2D eigenvalue weighted by atomic mass is 10.2. The zero-order chi connectivity index (χ0) is 17.7. The number of hydrogen-bond donors (Lipinski definition) is 1. The van der Waals surface area contributed by atoms with Gasteiger partial charge in [-0.2, -0.15) is 0 Å². The van der Waals surface area contributed by atoms with Crippen molar-refractivity contribution in [3.05, 3.63) is 57.5 Å². The Labute approximate surface area is 155 Å². The molecule has 0 saturated carbocycles. The molecule has 0 aromatic heterocycles. The van der Waals surface area contributed by atoms with Crippen molar-refractivity contribution in [1.82, 2.24) is 0 Å². The van der Waals surface area contributed by atoms with Crippen molar-refractivity contribution in [2.75, 3.05) is 16.8 Å². The number of amides is 2. The van der Waals surface area contributed by atoms with Crippen molar-refractivity contribution in [1.29, 1.82) is 0 Å². The number of carbonyl (C=O) groups excluding carboxylic acids is 2. The standard InChI is InChI=1S/C17H15Cl3N2O2/c1-11(23)22(13-5-2-4-12(18)10-13)9-8-16(24)21-15-7-3-6-14(19)17(15)20/h2-7,10H,8-9H2,1H3,(H,21,24). The van der Waals surface area contributed by atoms with Crippen LogP contribution in [0.5, 0.6) is 0 Å². The van der Waals surface area contributed by atoms with E-state index < -0.39 is 0 Å². The first kappa shape index (κ1) is 18.6. The third-order valence-corrected chi connectivity index (χ3v) is 4.34. The van der Waals surface area contributed by atoms with Gasteiger partial charge in [-0.3, -0.25) is 9.59 Å². The van der Waals surface area contributed by atoms with Gasteiger partial charge in [-0.15, -0.1) is 0 Å². The summed E-state index contributed by atoms with van der Waals surface area (Å²) in [6.45, 7) is 1.66. The van der Waals surface area contributed by atoms with Crippen molar-refractivity contribution < 1.29 is 9.59 Å². The van der Waals surface area contributed by atoms with Gasteiger partial charge < -0.3 is 10.2 Å². The molecule has 7 heteroatoms. The molecular formula is C17H15Cl3N2O2. The van der Waals surface area contributed by atoms with E-state index in [0.29, 0.717) is 21.4 Å². The first-order valence-corrected chi connectivity index (χ1v) is 8.29. The van der Waals surface area contributed by atoms with Gasteiger partial charge in [-0.25, -0.2) is 0 Å². The van der Waals surface area contributed by atoms with Gasteiger partial charge in [-0.05, 0) is 30.3 Å². The second kappa shape index (κ2) is 8.38. The van der Waals surface area contributed by atoms with Crippen molar-refractivity contribution in [2.24, 2.45) is 0 Å². The number of nitrogens with zero attached hydrogens (tertiary/aromatic N) is 1. The van der Waals surface area contributed by atoms with Gasteiger partial charge in [0.05, 0.1) is 15.7 Å². The Morgan fingerprint density at radius 2 is 1.79 bits per heavy atom. The molecule has 0 heterocycles. The molecule has 2 aromatic carbocycles. The van der Waals surface area contributed by atoms with Crippen LogP contribution in [0.15, 0.2) is 42.5 Å². The highest BCUT2D eigenvalue weighted by Crippen LogP contribution is 2.29. The summed E-state index contributed by atoms with van der Waals surface area (Å²) in [5.74, 6) is -0.446. The predicted octanol–water partition coefficient (Wildman–Crippen LogP) is 5.03. The molecule has 2 aromatic rings. The van der Waals surface area contributed by atoms with Gasteiger partial charge in [-0.1, -0.05) is 46.9 Å². The third kappa shape index (κ3) is 4.87. The van der Waals surface area contributed by atoms with Crippen molar-refractivity contribution >= 4 is 58.0 Å². The fourth-order valence-corrected chi connectivity index (χ4v) is 2.67. The fraction of sp³-hybridized carbons (Fsp3) is 0.176. The van der Waals surface area contributed by atoms with Gasteiger partial charge in [0, 0.05) is 30.6 Å². The van der Waals surface area contributed by atoms with E-state index in [1.165, 1.54) is 11.8 Å². The maximum atomic E-state index is 12.1. The lowest BCUT2D eigenvalue weighted by Gasteiger charge is -2.21. The van der Waals surface area contributed by atoms with Gasteiger partial charge in [0.25, 0.3) is 0 Å². The van der Waals surface area contributed by atoms with Crippen LogP contribution in [0.25, 0.3) is 0 Å². The summed E-state index contributed by atoms with van der Waals surface area (Å²) in [6.07, 6.45) is 0.106. The summed E-state index contributed by atoms with van der Waals surface area (Å²) >= 11 is 17.9. The van der Waals surface area contributed by atoms with Crippen LogP contribution in [0.4, 0.5) is 11.4 Å². The molecule has 126 valence electrons. The second-order valence-electron chi connectivity index (χ2n) is 5.05. The first-order chi connectivity index (χ1) is 11.4. The Kier molecular flexibility index (Phi) is 6.49. The van der Waals surface area contributed by atoms with Crippen molar-refractivity contribution in [3.8, 4) is 0 Å². The first-order valence-electron chi connectivity index (χ1n) is 7.16. The van der Waals surface area contributed by atoms with Crippen LogP contribution in [0.1, 0.15) is 13.3 Å². The van der Waals surface area contributed by atoms with Gasteiger partial charge in [0.15, 0.2) is 0 Å². The molecule has 2 amide bonds. The molecule has 0 saturated heterocycles. The Hall–Kier alpha value is -1.75. The zero-order valence-electron chi connectivity index (χ0n) is 12.9.